The fraction of sp³-hybridized carbons (Fsp3) is 0.625. The van der Waals surface area contributed by atoms with Gasteiger partial charge in [-0.1, -0.05) is 20.8 Å². The SMILES string of the molecule is CCN1CCN(C(=O)c2cc(NCC(C)C)ccn2)CC1. The topological polar surface area (TPSA) is 48.5 Å². The van der Waals surface area contributed by atoms with Crippen molar-refractivity contribution in [2.24, 2.45) is 5.92 Å². The average molecular weight is 290 g/mol. The highest BCUT2D eigenvalue weighted by atomic mass is 16.2. The lowest BCUT2D eigenvalue weighted by atomic mass is 10.2. The quantitative estimate of drug-likeness (QED) is 0.900. The molecule has 1 saturated heterocycles. The Morgan fingerprint density at radius 2 is 2.05 bits per heavy atom. The molecule has 1 aliphatic rings. The number of amides is 1. The van der Waals surface area contributed by atoms with Gasteiger partial charge in [-0.2, -0.15) is 0 Å². The zero-order chi connectivity index (χ0) is 15.2. The van der Waals surface area contributed by atoms with Gasteiger partial charge in [0.25, 0.3) is 5.91 Å². The molecule has 0 atom stereocenters. The van der Waals surface area contributed by atoms with Crippen molar-refractivity contribution in [3.63, 3.8) is 0 Å². The molecule has 5 heteroatoms. The van der Waals surface area contributed by atoms with E-state index in [1.54, 1.807) is 6.20 Å². The summed E-state index contributed by atoms with van der Waals surface area (Å²) in [6.07, 6.45) is 1.71. The minimum Gasteiger partial charge on any atom is -0.385 e. The van der Waals surface area contributed by atoms with Crippen LogP contribution in [0.5, 0.6) is 0 Å². The number of rotatable bonds is 5. The molecule has 1 aromatic rings. The molecule has 0 spiro atoms. The van der Waals surface area contributed by atoms with E-state index in [1.807, 2.05) is 17.0 Å². The molecule has 0 saturated carbocycles. The Morgan fingerprint density at radius 3 is 2.67 bits per heavy atom. The molecule has 116 valence electrons. The second-order valence-electron chi connectivity index (χ2n) is 5.93. The van der Waals surface area contributed by atoms with Crippen molar-refractivity contribution < 1.29 is 4.79 Å². The second-order valence-corrected chi connectivity index (χ2v) is 5.93. The van der Waals surface area contributed by atoms with Gasteiger partial charge in [-0.3, -0.25) is 9.78 Å². The summed E-state index contributed by atoms with van der Waals surface area (Å²) in [6, 6.07) is 3.77. The van der Waals surface area contributed by atoms with E-state index in [2.05, 4.69) is 36.0 Å². The Bertz CT molecular complexity index is 467. The highest BCUT2D eigenvalue weighted by Gasteiger charge is 2.22. The smallest absolute Gasteiger partial charge is 0.272 e. The maximum Gasteiger partial charge on any atom is 0.272 e. The number of nitrogens with one attached hydrogen (secondary N) is 1. The molecular weight excluding hydrogens is 264 g/mol. The Labute approximate surface area is 127 Å². The van der Waals surface area contributed by atoms with Crippen molar-refractivity contribution in [2.45, 2.75) is 20.8 Å². The van der Waals surface area contributed by atoms with Gasteiger partial charge in [-0.15, -0.1) is 0 Å². The third-order valence-electron chi connectivity index (χ3n) is 3.80. The molecule has 1 aliphatic heterocycles. The molecule has 21 heavy (non-hydrogen) atoms. The van der Waals surface area contributed by atoms with Gasteiger partial charge in [-0.25, -0.2) is 0 Å². The van der Waals surface area contributed by atoms with Crippen molar-refractivity contribution in [2.75, 3.05) is 44.6 Å². The van der Waals surface area contributed by atoms with Crippen LogP contribution in [0.25, 0.3) is 0 Å². The van der Waals surface area contributed by atoms with Gasteiger partial charge in [0, 0.05) is 44.6 Å². The van der Waals surface area contributed by atoms with Crippen LogP contribution in [0.2, 0.25) is 0 Å². The monoisotopic (exact) mass is 290 g/mol. The average Bonchev–Trinajstić information content (AvgIpc) is 2.52. The number of hydrogen-bond acceptors (Lipinski definition) is 4. The van der Waals surface area contributed by atoms with Crippen LogP contribution in [0, 0.1) is 5.92 Å². The molecule has 1 N–H and O–H groups in total. The van der Waals surface area contributed by atoms with Gasteiger partial charge < -0.3 is 15.1 Å². The lowest BCUT2D eigenvalue weighted by Crippen LogP contribution is -2.48. The first-order valence-corrected chi connectivity index (χ1v) is 7.81. The van der Waals surface area contributed by atoms with Crippen LogP contribution in [0.4, 0.5) is 5.69 Å². The molecule has 5 nitrogen and oxygen atoms in total. The highest BCUT2D eigenvalue weighted by molar-refractivity contribution is 5.93. The van der Waals surface area contributed by atoms with Gasteiger partial charge in [-0.05, 0) is 24.6 Å². The van der Waals surface area contributed by atoms with Crippen molar-refractivity contribution in [3.05, 3.63) is 24.0 Å². The van der Waals surface area contributed by atoms with E-state index in [0.717, 1.165) is 45.0 Å². The van der Waals surface area contributed by atoms with Crippen LogP contribution >= 0.6 is 0 Å². The second kappa shape index (κ2) is 7.41. The Hall–Kier alpha value is -1.62. The first-order valence-electron chi connectivity index (χ1n) is 7.81. The number of likely N-dealkylation sites (N-methyl/N-ethyl adjacent to an activating group) is 1. The van der Waals surface area contributed by atoms with Gasteiger partial charge >= 0.3 is 0 Å². The molecule has 2 heterocycles. The summed E-state index contributed by atoms with van der Waals surface area (Å²) in [7, 11) is 0. The first kappa shape index (κ1) is 15.8. The van der Waals surface area contributed by atoms with Crippen LogP contribution in [0.1, 0.15) is 31.3 Å². The van der Waals surface area contributed by atoms with E-state index >= 15 is 0 Å². The predicted molar refractivity (Wildman–Crippen MR) is 85.6 cm³/mol. The number of anilines is 1. The van der Waals surface area contributed by atoms with Crippen LogP contribution in [-0.4, -0.2) is 60.0 Å². The minimum atomic E-state index is 0.0407. The minimum absolute atomic E-state index is 0.0407. The van der Waals surface area contributed by atoms with E-state index in [0.29, 0.717) is 11.6 Å². The zero-order valence-electron chi connectivity index (χ0n) is 13.3. The molecule has 0 radical (unpaired) electrons. The maximum atomic E-state index is 12.5. The number of carbonyl (C=O) groups excluding carboxylic acids is 1. The lowest BCUT2D eigenvalue weighted by Gasteiger charge is -2.33. The molecule has 0 unspecified atom stereocenters. The number of nitrogens with zero attached hydrogens (tertiary/aromatic N) is 3. The van der Waals surface area contributed by atoms with E-state index in [-0.39, 0.29) is 5.91 Å². The van der Waals surface area contributed by atoms with Crippen molar-refractivity contribution in [1.82, 2.24) is 14.8 Å². The number of pyridine rings is 1. The standard InChI is InChI=1S/C16H26N4O/c1-4-19-7-9-20(10-8-19)16(21)15-11-14(5-6-17-15)18-12-13(2)3/h5-6,11,13H,4,7-10,12H2,1-3H3,(H,17,18). The Kier molecular flexibility index (Phi) is 5.56. The van der Waals surface area contributed by atoms with Crippen molar-refractivity contribution >= 4 is 11.6 Å². The van der Waals surface area contributed by atoms with E-state index in [9.17, 15) is 4.79 Å². The van der Waals surface area contributed by atoms with Crippen LogP contribution < -0.4 is 5.32 Å². The molecule has 0 aliphatic carbocycles. The number of hydrogen-bond donors (Lipinski definition) is 1. The molecule has 0 aromatic carbocycles. The van der Waals surface area contributed by atoms with E-state index < -0.39 is 0 Å². The normalized spacial score (nSPS) is 16.3. The van der Waals surface area contributed by atoms with Gasteiger partial charge in [0.05, 0.1) is 0 Å². The summed E-state index contributed by atoms with van der Waals surface area (Å²) < 4.78 is 0. The molecular formula is C16H26N4O. The first-order chi connectivity index (χ1) is 10.1. The van der Waals surface area contributed by atoms with E-state index in [4.69, 9.17) is 0 Å². The van der Waals surface area contributed by atoms with Crippen molar-refractivity contribution in [3.8, 4) is 0 Å². The van der Waals surface area contributed by atoms with Gasteiger partial charge in [0.1, 0.15) is 5.69 Å². The third kappa shape index (κ3) is 4.43. The van der Waals surface area contributed by atoms with Crippen LogP contribution in [0.15, 0.2) is 18.3 Å². The van der Waals surface area contributed by atoms with Crippen molar-refractivity contribution in [1.29, 1.82) is 0 Å². The number of piperazine rings is 1. The summed E-state index contributed by atoms with van der Waals surface area (Å²) in [5.41, 5.74) is 1.50. The zero-order valence-corrected chi connectivity index (χ0v) is 13.3. The summed E-state index contributed by atoms with van der Waals surface area (Å²) in [4.78, 5) is 21.0. The largest absolute Gasteiger partial charge is 0.385 e. The predicted octanol–water partition coefficient (Wildman–Crippen LogP) is 1.93. The molecule has 0 bridgehead atoms. The summed E-state index contributed by atoms with van der Waals surface area (Å²) in [5.74, 6) is 0.610. The summed E-state index contributed by atoms with van der Waals surface area (Å²) >= 11 is 0. The summed E-state index contributed by atoms with van der Waals surface area (Å²) in [6.45, 7) is 11.9. The lowest BCUT2D eigenvalue weighted by molar-refractivity contribution is 0.0637. The molecule has 1 fully saturated rings. The fourth-order valence-corrected chi connectivity index (χ4v) is 2.41. The fourth-order valence-electron chi connectivity index (χ4n) is 2.41. The van der Waals surface area contributed by atoms with Gasteiger partial charge in [0.15, 0.2) is 0 Å². The molecule has 1 aromatic heterocycles. The Morgan fingerprint density at radius 1 is 1.33 bits per heavy atom. The summed E-state index contributed by atoms with van der Waals surface area (Å²) in [5, 5.41) is 3.34. The number of aromatic nitrogens is 1. The van der Waals surface area contributed by atoms with Crippen LogP contribution in [-0.2, 0) is 0 Å². The number of carbonyl (C=O) groups is 1. The van der Waals surface area contributed by atoms with Crippen LogP contribution in [0.3, 0.4) is 0 Å². The Balaban J connectivity index is 1.97. The van der Waals surface area contributed by atoms with E-state index in [1.165, 1.54) is 0 Å². The van der Waals surface area contributed by atoms with Gasteiger partial charge in [0.2, 0.25) is 0 Å². The maximum absolute atomic E-state index is 12.5. The highest BCUT2D eigenvalue weighted by Crippen LogP contribution is 2.12. The molecule has 1 amide bonds. The molecule has 2 rings (SSSR count). The third-order valence-corrected chi connectivity index (χ3v) is 3.80.